The third-order valence-electron chi connectivity index (χ3n) is 2.77. The Kier molecular flexibility index (Phi) is 7.38. The van der Waals surface area contributed by atoms with Crippen LogP contribution in [0.4, 0.5) is 0 Å². The maximum Gasteiger partial charge on any atom is 0.0720 e. The number of ether oxygens (including phenoxy) is 1. The first-order chi connectivity index (χ1) is 8.74. The second-order valence-corrected chi connectivity index (χ2v) is 4.79. The molecule has 0 saturated carbocycles. The number of nitrogens with one attached hydrogen (secondary N) is 1. The average molecular weight is 247 g/mol. The van der Waals surface area contributed by atoms with Gasteiger partial charge in [0.2, 0.25) is 0 Å². The molecule has 0 fully saturated rings. The van der Waals surface area contributed by atoms with Crippen LogP contribution < -0.4 is 5.32 Å². The summed E-state index contributed by atoms with van der Waals surface area (Å²) in [7, 11) is 0. The summed E-state index contributed by atoms with van der Waals surface area (Å²) in [5, 5.41) is 3.44. The van der Waals surface area contributed by atoms with Crippen molar-refractivity contribution in [2.75, 3.05) is 6.61 Å². The van der Waals surface area contributed by atoms with Gasteiger partial charge in [0.15, 0.2) is 0 Å². The Morgan fingerprint density at radius 3 is 2.67 bits per heavy atom. The minimum Gasteiger partial charge on any atom is -0.377 e. The highest BCUT2D eigenvalue weighted by Crippen LogP contribution is 2.10. The van der Waals surface area contributed by atoms with Gasteiger partial charge in [0.25, 0.3) is 0 Å². The average Bonchev–Trinajstić information content (AvgIpc) is 2.37. The second-order valence-electron chi connectivity index (χ2n) is 4.79. The van der Waals surface area contributed by atoms with E-state index in [9.17, 15) is 0 Å². The number of unbranched alkanes of at least 4 members (excludes halogenated alkanes) is 1. The predicted molar refractivity (Wildman–Crippen MR) is 77.5 cm³/mol. The van der Waals surface area contributed by atoms with E-state index in [4.69, 9.17) is 4.74 Å². The van der Waals surface area contributed by atoms with Crippen LogP contribution in [0.3, 0.4) is 0 Å². The molecule has 0 heterocycles. The first-order valence-electron chi connectivity index (χ1n) is 6.73. The Bertz CT molecular complexity index is 347. The maximum atomic E-state index is 5.69. The first-order valence-corrected chi connectivity index (χ1v) is 6.73. The maximum absolute atomic E-state index is 5.69. The fraction of sp³-hybridized carbons (Fsp3) is 0.500. The molecule has 2 nitrogen and oxygen atoms in total. The highest BCUT2D eigenvalue weighted by Gasteiger charge is 2.02. The van der Waals surface area contributed by atoms with Crippen molar-refractivity contribution >= 4 is 0 Å². The molecule has 1 aromatic rings. The minimum absolute atomic E-state index is 0.506. The largest absolute Gasteiger partial charge is 0.377 e. The lowest BCUT2D eigenvalue weighted by Crippen LogP contribution is -2.22. The quantitative estimate of drug-likeness (QED) is 0.531. The van der Waals surface area contributed by atoms with Gasteiger partial charge in [-0.2, -0.15) is 0 Å². The molecule has 2 heteroatoms. The molecule has 0 bridgehead atoms. The van der Waals surface area contributed by atoms with Crippen molar-refractivity contribution in [3.8, 4) is 0 Å². The van der Waals surface area contributed by atoms with Gasteiger partial charge in [-0.05, 0) is 24.0 Å². The molecule has 100 valence electrons. The summed E-state index contributed by atoms with van der Waals surface area (Å²) in [5.41, 5.74) is 2.61. The van der Waals surface area contributed by atoms with Gasteiger partial charge in [-0.3, -0.25) is 0 Å². The lowest BCUT2D eigenvalue weighted by Gasteiger charge is -2.12. The molecule has 0 radical (unpaired) electrons. The van der Waals surface area contributed by atoms with Crippen LogP contribution in [-0.2, 0) is 17.9 Å². The summed E-state index contributed by atoms with van der Waals surface area (Å²) in [6.07, 6.45) is 4.01. The second kappa shape index (κ2) is 8.90. The van der Waals surface area contributed by atoms with Crippen molar-refractivity contribution in [2.24, 2.45) is 0 Å². The Morgan fingerprint density at radius 2 is 2.00 bits per heavy atom. The zero-order chi connectivity index (χ0) is 13.2. The number of hydrogen-bond acceptors (Lipinski definition) is 2. The summed E-state index contributed by atoms with van der Waals surface area (Å²) >= 11 is 0. The molecule has 0 aromatic heterocycles. The van der Waals surface area contributed by atoms with Gasteiger partial charge < -0.3 is 10.1 Å². The molecule has 1 N–H and O–H groups in total. The Morgan fingerprint density at radius 1 is 1.28 bits per heavy atom. The molecule has 0 atom stereocenters. The van der Waals surface area contributed by atoms with Crippen LogP contribution in [0.25, 0.3) is 0 Å². The van der Waals surface area contributed by atoms with Crippen molar-refractivity contribution in [2.45, 2.75) is 45.9 Å². The van der Waals surface area contributed by atoms with Gasteiger partial charge in [0.05, 0.1) is 6.61 Å². The molecular weight excluding hydrogens is 222 g/mol. The van der Waals surface area contributed by atoms with Gasteiger partial charge in [-0.1, -0.05) is 44.2 Å². The van der Waals surface area contributed by atoms with Crippen LogP contribution in [0.1, 0.15) is 37.8 Å². The van der Waals surface area contributed by atoms with Crippen molar-refractivity contribution in [3.05, 3.63) is 48.0 Å². The molecule has 0 aliphatic heterocycles. The van der Waals surface area contributed by atoms with Gasteiger partial charge in [0, 0.05) is 19.2 Å². The highest BCUT2D eigenvalue weighted by molar-refractivity contribution is 5.26. The Balaban J connectivity index is 2.40. The van der Waals surface area contributed by atoms with E-state index in [0.717, 1.165) is 26.0 Å². The van der Waals surface area contributed by atoms with Crippen molar-refractivity contribution in [3.63, 3.8) is 0 Å². The zero-order valence-corrected chi connectivity index (χ0v) is 11.6. The number of allylic oxidation sites excluding steroid dienone is 1. The molecule has 18 heavy (non-hydrogen) atoms. The molecule has 1 rings (SSSR count). The topological polar surface area (TPSA) is 21.3 Å². The van der Waals surface area contributed by atoms with Gasteiger partial charge >= 0.3 is 0 Å². The van der Waals surface area contributed by atoms with Crippen LogP contribution in [0.5, 0.6) is 0 Å². The smallest absolute Gasteiger partial charge is 0.0720 e. The van der Waals surface area contributed by atoms with E-state index in [2.05, 4.69) is 50.0 Å². The van der Waals surface area contributed by atoms with Crippen LogP contribution in [0, 0.1) is 0 Å². The molecule has 0 unspecified atom stereocenters. The van der Waals surface area contributed by atoms with Crippen molar-refractivity contribution in [1.82, 2.24) is 5.32 Å². The Labute approximate surface area is 111 Å². The van der Waals surface area contributed by atoms with Crippen LogP contribution >= 0.6 is 0 Å². The van der Waals surface area contributed by atoms with Crippen molar-refractivity contribution in [1.29, 1.82) is 0 Å². The third kappa shape index (κ3) is 5.99. The molecule has 0 aliphatic carbocycles. The van der Waals surface area contributed by atoms with E-state index in [0.29, 0.717) is 12.6 Å². The first kappa shape index (κ1) is 14.9. The van der Waals surface area contributed by atoms with E-state index in [1.165, 1.54) is 11.1 Å². The summed E-state index contributed by atoms with van der Waals surface area (Å²) in [6, 6.07) is 8.97. The van der Waals surface area contributed by atoms with Gasteiger partial charge in [0.1, 0.15) is 0 Å². The number of rotatable bonds is 9. The lowest BCUT2D eigenvalue weighted by atomic mass is 10.1. The molecule has 0 aliphatic rings. The molecule has 0 saturated heterocycles. The standard InChI is InChI=1S/C16H25NO/c1-4-5-8-11-18-13-16-10-7-6-9-15(16)12-17-14(2)3/h4,6-7,9-10,14,17H,1,5,8,11-13H2,2-3H3. The van der Waals surface area contributed by atoms with Gasteiger partial charge in [-0.15, -0.1) is 6.58 Å². The molecule has 0 spiro atoms. The minimum atomic E-state index is 0.506. The Hall–Kier alpha value is -1.12. The molecule has 0 amide bonds. The monoisotopic (exact) mass is 247 g/mol. The fourth-order valence-electron chi connectivity index (χ4n) is 1.70. The van der Waals surface area contributed by atoms with Crippen molar-refractivity contribution < 1.29 is 4.74 Å². The summed E-state index contributed by atoms with van der Waals surface area (Å²) in [5.74, 6) is 0. The zero-order valence-electron chi connectivity index (χ0n) is 11.6. The van der Waals surface area contributed by atoms with E-state index >= 15 is 0 Å². The van der Waals surface area contributed by atoms with E-state index in [1.54, 1.807) is 0 Å². The summed E-state index contributed by atoms with van der Waals surface area (Å²) in [4.78, 5) is 0. The highest BCUT2D eigenvalue weighted by atomic mass is 16.5. The number of hydrogen-bond donors (Lipinski definition) is 1. The summed E-state index contributed by atoms with van der Waals surface area (Å²) < 4.78 is 5.69. The van der Waals surface area contributed by atoms with E-state index < -0.39 is 0 Å². The third-order valence-corrected chi connectivity index (χ3v) is 2.77. The van der Waals surface area contributed by atoms with Crippen LogP contribution in [-0.4, -0.2) is 12.6 Å². The van der Waals surface area contributed by atoms with E-state index in [1.807, 2.05) is 6.08 Å². The molecular formula is C16H25NO. The van der Waals surface area contributed by atoms with Gasteiger partial charge in [-0.25, -0.2) is 0 Å². The van der Waals surface area contributed by atoms with Crippen LogP contribution in [0.2, 0.25) is 0 Å². The normalized spacial score (nSPS) is 10.8. The predicted octanol–water partition coefficient (Wildman–Crippen LogP) is 3.67. The number of benzene rings is 1. The SMILES string of the molecule is C=CCCCOCc1ccccc1CNC(C)C. The van der Waals surface area contributed by atoms with Crippen LogP contribution in [0.15, 0.2) is 36.9 Å². The lowest BCUT2D eigenvalue weighted by molar-refractivity contribution is 0.118. The van der Waals surface area contributed by atoms with E-state index in [-0.39, 0.29) is 0 Å². The summed E-state index contributed by atoms with van der Waals surface area (Å²) in [6.45, 7) is 10.4. The fourth-order valence-corrected chi connectivity index (χ4v) is 1.70. The molecule has 1 aromatic carbocycles.